The Labute approximate surface area is 467 Å². The van der Waals surface area contributed by atoms with Crippen molar-refractivity contribution in [3.05, 3.63) is 247 Å². The van der Waals surface area contributed by atoms with Crippen molar-refractivity contribution in [2.45, 2.75) is 78.6 Å². The van der Waals surface area contributed by atoms with Crippen molar-refractivity contribution in [1.29, 1.82) is 0 Å². The number of benzene rings is 12. The zero-order chi connectivity index (χ0) is 54.1. The SMILES string of the molecule is CC(C)(C)c1cc2c3c(c1)N(c1ccc(-c4ccccc4)cc1)c1cc(-c4ccccc4)ccc1B3c1cc(-c3cc4cc(C(C)(C)C)cc5ccc6cc(C(C)(C)C)cc3c6c54)ccc1N2c1ccc(-c2ccccc2)cc1. The fourth-order valence-electron chi connectivity index (χ4n) is 12.9. The normalized spacial score (nSPS) is 13.3. The van der Waals surface area contributed by atoms with Gasteiger partial charge in [-0.05, 0) is 187 Å². The average Bonchev–Trinajstić information content (AvgIpc) is 3.33. The van der Waals surface area contributed by atoms with Crippen molar-refractivity contribution in [2.75, 3.05) is 9.80 Å². The van der Waals surface area contributed by atoms with Crippen LogP contribution in [-0.4, -0.2) is 6.71 Å². The lowest BCUT2D eigenvalue weighted by Crippen LogP contribution is -2.61. The second-order valence-corrected chi connectivity index (χ2v) is 25.4. The second kappa shape index (κ2) is 17.9. The zero-order valence-electron chi connectivity index (χ0n) is 46.9. The maximum absolute atomic E-state index is 2.58. The molecule has 0 aromatic heterocycles. The molecule has 3 heteroatoms. The Balaban J connectivity index is 1.07. The molecule has 0 saturated heterocycles. The number of rotatable bonds is 6. The molecule has 0 amide bonds. The Morgan fingerprint density at radius 1 is 0.291 bits per heavy atom. The molecule has 12 aromatic carbocycles. The van der Waals surface area contributed by atoms with E-state index in [-0.39, 0.29) is 23.0 Å². The molecule has 79 heavy (non-hydrogen) atoms. The third-order valence-corrected chi connectivity index (χ3v) is 17.2. The molecule has 0 spiro atoms. The van der Waals surface area contributed by atoms with E-state index >= 15 is 0 Å². The quantitative estimate of drug-likeness (QED) is 0.121. The van der Waals surface area contributed by atoms with Gasteiger partial charge in [-0.2, -0.15) is 0 Å². The van der Waals surface area contributed by atoms with Gasteiger partial charge in [0.2, 0.25) is 0 Å². The summed E-state index contributed by atoms with van der Waals surface area (Å²) >= 11 is 0. The minimum absolute atomic E-state index is 0.0108. The van der Waals surface area contributed by atoms with Gasteiger partial charge < -0.3 is 9.80 Å². The third-order valence-electron chi connectivity index (χ3n) is 17.2. The van der Waals surface area contributed by atoms with Gasteiger partial charge in [0, 0.05) is 34.1 Å². The van der Waals surface area contributed by atoms with E-state index < -0.39 is 0 Å². The van der Waals surface area contributed by atoms with Crippen LogP contribution >= 0.6 is 0 Å². The first-order valence-electron chi connectivity index (χ1n) is 28.3. The van der Waals surface area contributed by atoms with Gasteiger partial charge in [0.15, 0.2) is 0 Å². The highest BCUT2D eigenvalue weighted by Crippen LogP contribution is 2.49. The number of anilines is 6. The molecule has 0 aliphatic carbocycles. The van der Waals surface area contributed by atoms with E-state index in [1.165, 1.54) is 133 Å². The summed E-state index contributed by atoms with van der Waals surface area (Å²) in [6.45, 7) is 21.0. The Hall–Kier alpha value is -8.66. The topological polar surface area (TPSA) is 6.48 Å². The van der Waals surface area contributed by atoms with Gasteiger partial charge in [-0.1, -0.05) is 232 Å². The molecular weight excluding hydrogens is 952 g/mol. The molecule has 2 aliphatic heterocycles. The first kappa shape index (κ1) is 48.7. The fourth-order valence-corrected chi connectivity index (χ4v) is 12.9. The number of hydrogen-bond donors (Lipinski definition) is 0. The molecule has 0 fully saturated rings. The summed E-state index contributed by atoms with van der Waals surface area (Å²) in [6, 6.07) is 87.8. The molecule has 0 atom stereocenters. The van der Waals surface area contributed by atoms with Crippen molar-refractivity contribution in [3.63, 3.8) is 0 Å². The summed E-state index contributed by atoms with van der Waals surface area (Å²) in [4.78, 5) is 5.16. The maximum atomic E-state index is 2.58. The van der Waals surface area contributed by atoms with Crippen LogP contribution in [0.15, 0.2) is 231 Å². The summed E-state index contributed by atoms with van der Waals surface area (Å²) in [6.07, 6.45) is 0. The van der Waals surface area contributed by atoms with Gasteiger partial charge in [0.05, 0.1) is 0 Å². The van der Waals surface area contributed by atoms with Crippen molar-refractivity contribution in [2.24, 2.45) is 0 Å². The molecule has 0 N–H and O–H groups in total. The largest absolute Gasteiger partial charge is 0.311 e. The van der Waals surface area contributed by atoms with Crippen molar-refractivity contribution in [3.8, 4) is 44.5 Å². The molecule has 2 aliphatic rings. The summed E-state index contributed by atoms with van der Waals surface area (Å²) in [5, 5.41) is 7.92. The molecular formula is C76H65BN2. The summed E-state index contributed by atoms with van der Waals surface area (Å²) in [7, 11) is 0. The predicted molar refractivity (Wildman–Crippen MR) is 342 cm³/mol. The third kappa shape index (κ3) is 8.16. The minimum Gasteiger partial charge on any atom is -0.311 e. The van der Waals surface area contributed by atoms with Gasteiger partial charge in [-0.25, -0.2) is 0 Å². The van der Waals surface area contributed by atoms with E-state index in [0.29, 0.717) is 0 Å². The molecule has 0 unspecified atom stereocenters. The number of hydrogen-bond acceptors (Lipinski definition) is 2. The Morgan fingerprint density at radius 2 is 0.722 bits per heavy atom. The van der Waals surface area contributed by atoms with E-state index in [1.807, 2.05) is 0 Å². The highest BCUT2D eigenvalue weighted by molar-refractivity contribution is 7.00. The highest BCUT2D eigenvalue weighted by Gasteiger charge is 2.44. The Bertz CT molecular complexity index is 4330. The lowest BCUT2D eigenvalue weighted by Gasteiger charge is -2.45. The molecule has 0 radical (unpaired) electrons. The molecule has 2 nitrogen and oxygen atoms in total. The van der Waals surface area contributed by atoms with Gasteiger partial charge in [0.1, 0.15) is 0 Å². The van der Waals surface area contributed by atoms with Crippen LogP contribution in [0.25, 0.3) is 76.8 Å². The van der Waals surface area contributed by atoms with E-state index in [0.717, 1.165) is 11.4 Å². The van der Waals surface area contributed by atoms with Gasteiger partial charge in [-0.15, -0.1) is 0 Å². The average molecular weight is 1020 g/mol. The van der Waals surface area contributed by atoms with Crippen LogP contribution in [0, 0.1) is 0 Å². The van der Waals surface area contributed by atoms with E-state index in [2.05, 4.69) is 303 Å². The molecule has 382 valence electrons. The first-order chi connectivity index (χ1) is 38.0. The molecule has 12 aromatic rings. The fraction of sp³-hybridized carbons (Fsp3) is 0.158. The summed E-state index contributed by atoms with van der Waals surface area (Å²) < 4.78 is 0. The van der Waals surface area contributed by atoms with Crippen molar-refractivity contribution < 1.29 is 0 Å². The number of nitrogens with zero attached hydrogens (tertiary/aromatic N) is 2. The standard InChI is InChI=1S/C76H65BN2/c1-74(2,3)58-39-55-25-26-56-40-59(75(4,5)6)45-64-63(42-57(41-58)71(55)72(56)64)54-32-38-67-66(43-54)77-65-37-31-53(50-23-17-12-18-24-50)44-68(65)79(62-35-29-52(30-36-62)49-21-15-11-16-22-49)70-47-60(76(7,8)9)46-69(73(70)77)78(67)61-33-27-51(28-34-61)48-19-13-10-14-20-48/h10-47H,1-9H3. The lowest BCUT2D eigenvalue weighted by molar-refractivity contribution is 0.590. The zero-order valence-corrected chi connectivity index (χ0v) is 46.9. The van der Waals surface area contributed by atoms with Crippen LogP contribution in [0.2, 0.25) is 0 Å². The smallest absolute Gasteiger partial charge is 0.252 e. The van der Waals surface area contributed by atoms with Crippen LogP contribution in [-0.2, 0) is 16.2 Å². The minimum atomic E-state index is -0.157. The predicted octanol–water partition coefficient (Wildman–Crippen LogP) is 19.2. The summed E-state index contributed by atoms with van der Waals surface area (Å²) in [5.41, 5.74) is 24.5. The molecule has 0 saturated carbocycles. The highest BCUT2D eigenvalue weighted by atomic mass is 15.2. The monoisotopic (exact) mass is 1020 g/mol. The van der Waals surface area contributed by atoms with Crippen LogP contribution in [0.4, 0.5) is 34.1 Å². The molecule has 14 rings (SSSR count). The lowest BCUT2D eigenvalue weighted by atomic mass is 9.33. The van der Waals surface area contributed by atoms with E-state index in [9.17, 15) is 0 Å². The van der Waals surface area contributed by atoms with Gasteiger partial charge >= 0.3 is 0 Å². The number of fused-ring (bicyclic) bond motifs is 4. The Morgan fingerprint density at radius 3 is 1.25 bits per heavy atom. The van der Waals surface area contributed by atoms with Crippen molar-refractivity contribution in [1.82, 2.24) is 0 Å². The van der Waals surface area contributed by atoms with Crippen LogP contribution in [0.1, 0.15) is 79.0 Å². The van der Waals surface area contributed by atoms with Gasteiger partial charge in [0.25, 0.3) is 6.71 Å². The van der Waals surface area contributed by atoms with E-state index in [4.69, 9.17) is 0 Å². The Kier molecular flexibility index (Phi) is 11.1. The molecule has 2 heterocycles. The van der Waals surface area contributed by atoms with Crippen LogP contribution in [0.3, 0.4) is 0 Å². The van der Waals surface area contributed by atoms with Crippen LogP contribution in [0.5, 0.6) is 0 Å². The summed E-state index contributed by atoms with van der Waals surface area (Å²) in [5.74, 6) is 0. The first-order valence-corrected chi connectivity index (χ1v) is 28.3. The molecule has 0 bridgehead atoms. The second-order valence-electron chi connectivity index (χ2n) is 25.4. The maximum Gasteiger partial charge on any atom is 0.252 e. The van der Waals surface area contributed by atoms with Crippen molar-refractivity contribution >= 4 is 89.5 Å². The van der Waals surface area contributed by atoms with E-state index in [1.54, 1.807) is 0 Å². The van der Waals surface area contributed by atoms with Gasteiger partial charge in [-0.3, -0.25) is 0 Å². The van der Waals surface area contributed by atoms with Crippen LogP contribution < -0.4 is 26.2 Å².